The Morgan fingerprint density at radius 1 is 1.17 bits per heavy atom. The Hall–Kier alpha value is -0.910. The molecule has 0 fully saturated rings. The van der Waals surface area contributed by atoms with Gasteiger partial charge in [0, 0.05) is 6.04 Å². The van der Waals surface area contributed by atoms with Gasteiger partial charge >= 0.3 is 0 Å². The van der Waals surface area contributed by atoms with Crippen molar-refractivity contribution in [1.82, 2.24) is 20.4 Å². The maximum Gasteiger partial charge on any atom is 0.262 e. The van der Waals surface area contributed by atoms with Gasteiger partial charge in [0.25, 0.3) is 5.95 Å². The molecule has 0 radical (unpaired) electrons. The van der Waals surface area contributed by atoms with Crippen molar-refractivity contribution in [1.29, 1.82) is 0 Å². The molecule has 66 valence electrons. The minimum Gasteiger partial charge on any atom is -0.349 e. The highest BCUT2D eigenvalue weighted by Crippen LogP contribution is 2.04. The van der Waals surface area contributed by atoms with Crippen LogP contribution in [0.5, 0.6) is 0 Å². The van der Waals surface area contributed by atoms with Crippen LogP contribution < -0.4 is 5.32 Å². The van der Waals surface area contributed by atoms with Gasteiger partial charge in [0.05, 0.1) is 0 Å². The van der Waals surface area contributed by atoms with Gasteiger partial charge in [0.1, 0.15) is 0 Å². The fourth-order valence-electron chi connectivity index (χ4n) is 0.618. The van der Waals surface area contributed by atoms with Crippen LogP contribution in [-0.4, -0.2) is 32.7 Å². The predicted octanol–water partition coefficient (Wildman–Crippen LogP) is 0.809. The zero-order chi connectivity index (χ0) is 8.97. The molecule has 1 rings (SSSR count). The molecule has 1 N–H and O–H groups in total. The molecule has 5 nitrogen and oxygen atoms in total. The van der Waals surface area contributed by atoms with Gasteiger partial charge in [-0.2, -0.15) is 0 Å². The molecule has 0 saturated carbocycles. The number of anilines is 1. The highest BCUT2D eigenvalue weighted by molar-refractivity contribution is 7.98. The number of thioether (sulfide) groups is 1. The first-order valence-electron chi connectivity index (χ1n) is 3.60. The minimum absolute atomic E-state index is 0.300. The third kappa shape index (κ3) is 2.61. The second kappa shape index (κ2) is 4.20. The van der Waals surface area contributed by atoms with Gasteiger partial charge in [-0.15, -0.1) is 20.4 Å². The summed E-state index contributed by atoms with van der Waals surface area (Å²) in [6.45, 7) is 4.01. The van der Waals surface area contributed by atoms with Crippen LogP contribution in [0.25, 0.3) is 0 Å². The quantitative estimate of drug-likeness (QED) is 0.703. The van der Waals surface area contributed by atoms with Gasteiger partial charge in [-0.1, -0.05) is 11.8 Å². The lowest BCUT2D eigenvalue weighted by Crippen LogP contribution is -2.14. The molecule has 0 bridgehead atoms. The van der Waals surface area contributed by atoms with E-state index in [1.165, 1.54) is 11.8 Å². The number of nitrogens with zero attached hydrogens (tertiary/aromatic N) is 4. The molecule has 1 heterocycles. The molecule has 0 aliphatic rings. The Morgan fingerprint density at radius 2 is 1.75 bits per heavy atom. The SMILES string of the molecule is CSc1nnc(NC(C)C)nn1. The summed E-state index contributed by atoms with van der Waals surface area (Å²) < 4.78 is 0. The monoisotopic (exact) mass is 185 g/mol. The van der Waals surface area contributed by atoms with Crippen molar-refractivity contribution in [3.8, 4) is 0 Å². The third-order valence-corrected chi connectivity index (χ3v) is 1.59. The van der Waals surface area contributed by atoms with E-state index in [-0.39, 0.29) is 0 Å². The first kappa shape index (κ1) is 9.18. The molecular formula is C6H11N5S. The Bertz CT molecular complexity index is 234. The molecule has 0 saturated heterocycles. The second-order valence-electron chi connectivity index (χ2n) is 2.51. The summed E-state index contributed by atoms with van der Waals surface area (Å²) in [5.41, 5.74) is 0. The maximum absolute atomic E-state index is 3.83. The van der Waals surface area contributed by atoms with E-state index in [1.807, 2.05) is 20.1 Å². The average molecular weight is 185 g/mol. The molecule has 6 heteroatoms. The normalized spacial score (nSPS) is 10.3. The molecule has 0 unspecified atom stereocenters. The molecule has 0 aliphatic carbocycles. The number of rotatable bonds is 3. The van der Waals surface area contributed by atoms with Crippen molar-refractivity contribution in [2.24, 2.45) is 0 Å². The zero-order valence-corrected chi connectivity index (χ0v) is 8.09. The lowest BCUT2D eigenvalue weighted by Gasteiger charge is -2.05. The van der Waals surface area contributed by atoms with Crippen LogP contribution in [0.1, 0.15) is 13.8 Å². The lowest BCUT2D eigenvalue weighted by molar-refractivity contribution is 0.733. The fourth-order valence-corrected chi connectivity index (χ4v) is 0.863. The highest BCUT2D eigenvalue weighted by atomic mass is 32.2. The molecule has 12 heavy (non-hydrogen) atoms. The molecule has 0 amide bonds. The topological polar surface area (TPSA) is 63.6 Å². The average Bonchev–Trinajstić information content (AvgIpc) is 2.05. The molecule has 0 aromatic carbocycles. The summed E-state index contributed by atoms with van der Waals surface area (Å²) in [5, 5.41) is 18.9. The highest BCUT2D eigenvalue weighted by Gasteiger charge is 2.00. The Labute approximate surface area is 75.4 Å². The fraction of sp³-hybridized carbons (Fsp3) is 0.667. The van der Waals surface area contributed by atoms with Crippen LogP contribution in [-0.2, 0) is 0 Å². The van der Waals surface area contributed by atoms with Crippen LogP contribution in [0.2, 0.25) is 0 Å². The second-order valence-corrected chi connectivity index (χ2v) is 3.28. The number of aromatic nitrogens is 4. The molecule has 0 spiro atoms. The van der Waals surface area contributed by atoms with Gasteiger partial charge in [-0.3, -0.25) is 0 Å². The van der Waals surface area contributed by atoms with Crippen molar-refractivity contribution in [2.45, 2.75) is 25.0 Å². The standard InChI is InChI=1S/C6H11N5S/c1-4(2)7-5-8-10-6(12-3)11-9-5/h4H,1-3H3,(H,7,8,9). The largest absolute Gasteiger partial charge is 0.349 e. The Morgan fingerprint density at radius 3 is 2.17 bits per heavy atom. The molecule has 0 aliphatic heterocycles. The predicted molar refractivity (Wildman–Crippen MR) is 48.2 cm³/mol. The van der Waals surface area contributed by atoms with Crippen LogP contribution in [0.3, 0.4) is 0 Å². The van der Waals surface area contributed by atoms with E-state index >= 15 is 0 Å². The van der Waals surface area contributed by atoms with Crippen molar-refractivity contribution >= 4 is 17.7 Å². The van der Waals surface area contributed by atoms with E-state index in [9.17, 15) is 0 Å². The van der Waals surface area contributed by atoms with Crippen molar-refractivity contribution in [2.75, 3.05) is 11.6 Å². The molecular weight excluding hydrogens is 174 g/mol. The molecule has 0 atom stereocenters. The summed E-state index contributed by atoms with van der Waals surface area (Å²) in [4.78, 5) is 0. The molecule has 1 aromatic rings. The summed E-state index contributed by atoms with van der Waals surface area (Å²) in [6, 6.07) is 0.300. The maximum atomic E-state index is 3.83. The van der Waals surface area contributed by atoms with Gasteiger partial charge < -0.3 is 5.32 Å². The third-order valence-electron chi connectivity index (χ3n) is 1.06. The summed E-state index contributed by atoms with van der Waals surface area (Å²) in [6.07, 6.45) is 1.88. The first-order chi connectivity index (χ1) is 5.72. The van der Waals surface area contributed by atoms with E-state index in [4.69, 9.17) is 0 Å². The van der Waals surface area contributed by atoms with Crippen LogP contribution >= 0.6 is 11.8 Å². The van der Waals surface area contributed by atoms with E-state index < -0.39 is 0 Å². The van der Waals surface area contributed by atoms with Gasteiger partial charge in [-0.25, -0.2) is 0 Å². The zero-order valence-electron chi connectivity index (χ0n) is 7.27. The minimum atomic E-state index is 0.300. The summed E-state index contributed by atoms with van der Waals surface area (Å²) >= 11 is 1.42. The van der Waals surface area contributed by atoms with E-state index in [0.717, 1.165) is 0 Å². The van der Waals surface area contributed by atoms with Crippen molar-refractivity contribution in [3.63, 3.8) is 0 Å². The molecule has 1 aromatic heterocycles. The summed E-state index contributed by atoms with van der Waals surface area (Å²) in [7, 11) is 0. The van der Waals surface area contributed by atoms with Gasteiger partial charge in [0.15, 0.2) is 0 Å². The van der Waals surface area contributed by atoms with Gasteiger partial charge in [-0.05, 0) is 20.1 Å². The smallest absolute Gasteiger partial charge is 0.262 e. The van der Waals surface area contributed by atoms with Crippen LogP contribution in [0.15, 0.2) is 5.16 Å². The van der Waals surface area contributed by atoms with E-state index in [0.29, 0.717) is 17.1 Å². The summed E-state index contributed by atoms with van der Waals surface area (Å²) in [5.74, 6) is 0.475. The Balaban J connectivity index is 2.65. The van der Waals surface area contributed by atoms with Crippen molar-refractivity contribution < 1.29 is 0 Å². The number of hydrogen-bond donors (Lipinski definition) is 1. The Kier molecular flexibility index (Phi) is 3.21. The van der Waals surface area contributed by atoms with E-state index in [1.54, 1.807) is 0 Å². The van der Waals surface area contributed by atoms with Crippen LogP contribution in [0.4, 0.5) is 5.95 Å². The number of hydrogen-bond acceptors (Lipinski definition) is 6. The van der Waals surface area contributed by atoms with Crippen molar-refractivity contribution in [3.05, 3.63) is 0 Å². The number of nitrogens with one attached hydrogen (secondary N) is 1. The first-order valence-corrected chi connectivity index (χ1v) is 4.82. The van der Waals surface area contributed by atoms with Gasteiger partial charge in [0.2, 0.25) is 5.16 Å². The van der Waals surface area contributed by atoms with E-state index in [2.05, 4.69) is 25.7 Å². The lowest BCUT2D eigenvalue weighted by atomic mass is 10.4. The van der Waals surface area contributed by atoms with Crippen LogP contribution in [0, 0.1) is 0 Å².